The van der Waals surface area contributed by atoms with Gasteiger partial charge in [-0.3, -0.25) is 0 Å². The number of nitrogens with one attached hydrogen (secondary N) is 1. The van der Waals surface area contributed by atoms with Gasteiger partial charge in [-0.1, -0.05) is 24.5 Å². The zero-order valence-corrected chi connectivity index (χ0v) is 8.33. The van der Waals surface area contributed by atoms with E-state index in [0.717, 1.165) is 13.1 Å². The van der Waals surface area contributed by atoms with E-state index in [1.54, 1.807) is 0 Å². The van der Waals surface area contributed by atoms with Crippen LogP contribution < -0.4 is 5.32 Å². The summed E-state index contributed by atoms with van der Waals surface area (Å²) in [5.41, 5.74) is 2.91. The van der Waals surface area contributed by atoms with Crippen LogP contribution in [0.4, 0.5) is 0 Å². The third-order valence-corrected chi connectivity index (χ3v) is 1.95. The molecule has 1 N–H and O–H groups in total. The van der Waals surface area contributed by atoms with E-state index < -0.39 is 0 Å². The molecule has 11 heavy (non-hydrogen) atoms. The second-order valence-electron chi connectivity index (χ2n) is 3.31. The SMILES string of the molecule is CCCCNCC(C)=C(C)C. The third-order valence-electron chi connectivity index (χ3n) is 1.95. The zero-order valence-electron chi connectivity index (χ0n) is 8.33. The Morgan fingerprint density at radius 1 is 1.18 bits per heavy atom. The summed E-state index contributed by atoms with van der Waals surface area (Å²) in [6.45, 7) is 10.9. The highest BCUT2D eigenvalue weighted by atomic mass is 14.8. The molecule has 0 amide bonds. The summed E-state index contributed by atoms with van der Waals surface area (Å²) in [5, 5.41) is 3.41. The van der Waals surface area contributed by atoms with Gasteiger partial charge < -0.3 is 5.32 Å². The fraction of sp³-hybridized carbons (Fsp3) is 0.800. The van der Waals surface area contributed by atoms with Gasteiger partial charge in [0.25, 0.3) is 0 Å². The van der Waals surface area contributed by atoms with Crippen LogP contribution in [-0.4, -0.2) is 13.1 Å². The first-order chi connectivity index (χ1) is 5.18. The fourth-order valence-electron chi connectivity index (χ4n) is 0.754. The Morgan fingerprint density at radius 3 is 2.27 bits per heavy atom. The molecule has 0 saturated heterocycles. The molecule has 0 aliphatic heterocycles. The first-order valence-corrected chi connectivity index (χ1v) is 4.52. The van der Waals surface area contributed by atoms with Gasteiger partial charge in [0, 0.05) is 6.54 Å². The van der Waals surface area contributed by atoms with Gasteiger partial charge in [-0.05, 0) is 33.7 Å². The third kappa shape index (κ3) is 6.11. The highest BCUT2D eigenvalue weighted by Crippen LogP contribution is 1.99. The van der Waals surface area contributed by atoms with E-state index >= 15 is 0 Å². The molecule has 0 rings (SSSR count). The van der Waals surface area contributed by atoms with Gasteiger partial charge in [0.05, 0.1) is 0 Å². The average molecular weight is 155 g/mol. The van der Waals surface area contributed by atoms with Crippen molar-refractivity contribution < 1.29 is 0 Å². The van der Waals surface area contributed by atoms with E-state index in [9.17, 15) is 0 Å². The van der Waals surface area contributed by atoms with Crippen molar-refractivity contribution in [3.63, 3.8) is 0 Å². The lowest BCUT2D eigenvalue weighted by Gasteiger charge is -2.05. The largest absolute Gasteiger partial charge is 0.313 e. The van der Waals surface area contributed by atoms with Gasteiger partial charge in [-0.25, -0.2) is 0 Å². The maximum absolute atomic E-state index is 3.41. The topological polar surface area (TPSA) is 12.0 Å². The fourth-order valence-corrected chi connectivity index (χ4v) is 0.754. The Hall–Kier alpha value is -0.300. The second-order valence-corrected chi connectivity index (χ2v) is 3.31. The molecule has 1 nitrogen and oxygen atoms in total. The molecule has 66 valence electrons. The van der Waals surface area contributed by atoms with Crippen LogP contribution in [0.1, 0.15) is 40.5 Å². The maximum Gasteiger partial charge on any atom is 0.0164 e. The summed E-state index contributed by atoms with van der Waals surface area (Å²) in [6.07, 6.45) is 2.57. The molecule has 0 unspecified atom stereocenters. The molecule has 0 aromatic carbocycles. The standard InChI is InChI=1S/C10H21N/c1-5-6-7-11-8-10(4)9(2)3/h11H,5-8H2,1-4H3. The van der Waals surface area contributed by atoms with Crippen LogP contribution >= 0.6 is 0 Å². The highest BCUT2D eigenvalue weighted by molar-refractivity contribution is 5.07. The predicted octanol–water partition coefficient (Wildman–Crippen LogP) is 2.73. The van der Waals surface area contributed by atoms with Crippen LogP contribution in [-0.2, 0) is 0 Å². The van der Waals surface area contributed by atoms with E-state index in [2.05, 4.69) is 33.0 Å². The number of rotatable bonds is 5. The van der Waals surface area contributed by atoms with Gasteiger partial charge >= 0.3 is 0 Å². The molecule has 0 radical (unpaired) electrons. The molecule has 0 heterocycles. The van der Waals surface area contributed by atoms with Crippen molar-refractivity contribution in [3.05, 3.63) is 11.1 Å². The van der Waals surface area contributed by atoms with Crippen LogP contribution in [0.2, 0.25) is 0 Å². The first-order valence-electron chi connectivity index (χ1n) is 4.52. The quantitative estimate of drug-likeness (QED) is 0.475. The van der Waals surface area contributed by atoms with Crippen LogP contribution in [0.25, 0.3) is 0 Å². The van der Waals surface area contributed by atoms with Gasteiger partial charge in [-0.15, -0.1) is 0 Å². The van der Waals surface area contributed by atoms with E-state index in [1.165, 1.54) is 24.0 Å². The molecule has 0 aliphatic rings. The van der Waals surface area contributed by atoms with Gasteiger partial charge in [0.1, 0.15) is 0 Å². The molecule has 0 aliphatic carbocycles. The monoisotopic (exact) mass is 155 g/mol. The average Bonchev–Trinajstić information content (AvgIpc) is 1.97. The minimum atomic E-state index is 1.06. The molecule has 0 saturated carbocycles. The lowest BCUT2D eigenvalue weighted by molar-refractivity contribution is 0.669. The molecule has 0 atom stereocenters. The van der Waals surface area contributed by atoms with Crippen LogP contribution in [0, 0.1) is 0 Å². The first kappa shape index (κ1) is 10.7. The van der Waals surface area contributed by atoms with Crippen molar-refractivity contribution in [2.24, 2.45) is 0 Å². The van der Waals surface area contributed by atoms with E-state index in [4.69, 9.17) is 0 Å². The number of allylic oxidation sites excluding steroid dienone is 1. The van der Waals surface area contributed by atoms with E-state index in [1.807, 2.05) is 0 Å². The summed E-state index contributed by atoms with van der Waals surface area (Å²) in [5.74, 6) is 0. The minimum Gasteiger partial charge on any atom is -0.313 e. The zero-order chi connectivity index (χ0) is 8.69. The molecule has 0 aromatic heterocycles. The molecular formula is C10H21N. The second kappa shape index (κ2) is 6.41. The molecule has 0 aromatic rings. The normalized spacial score (nSPS) is 9.82. The predicted molar refractivity (Wildman–Crippen MR) is 51.8 cm³/mol. The minimum absolute atomic E-state index is 1.06. The van der Waals surface area contributed by atoms with E-state index in [-0.39, 0.29) is 0 Å². The summed E-state index contributed by atoms with van der Waals surface area (Å²) in [6, 6.07) is 0. The van der Waals surface area contributed by atoms with Crippen molar-refractivity contribution in [1.29, 1.82) is 0 Å². The van der Waals surface area contributed by atoms with Crippen LogP contribution in [0.5, 0.6) is 0 Å². The summed E-state index contributed by atoms with van der Waals surface area (Å²) in [7, 11) is 0. The number of hydrogen-bond donors (Lipinski definition) is 1. The molecule has 0 bridgehead atoms. The van der Waals surface area contributed by atoms with Crippen molar-refractivity contribution in [2.75, 3.05) is 13.1 Å². The summed E-state index contributed by atoms with van der Waals surface area (Å²) < 4.78 is 0. The van der Waals surface area contributed by atoms with Gasteiger partial charge in [-0.2, -0.15) is 0 Å². The Labute approximate surface area is 70.9 Å². The van der Waals surface area contributed by atoms with Crippen LogP contribution in [0.15, 0.2) is 11.1 Å². The van der Waals surface area contributed by atoms with Crippen molar-refractivity contribution in [3.8, 4) is 0 Å². The Balaban J connectivity index is 3.32. The number of unbranched alkanes of at least 4 members (excludes halogenated alkanes) is 1. The van der Waals surface area contributed by atoms with Gasteiger partial charge in [0.15, 0.2) is 0 Å². The molecule has 0 fully saturated rings. The lowest BCUT2D eigenvalue weighted by atomic mass is 10.2. The molecule has 1 heteroatoms. The summed E-state index contributed by atoms with van der Waals surface area (Å²) >= 11 is 0. The number of hydrogen-bond acceptors (Lipinski definition) is 1. The Bertz CT molecular complexity index is 121. The smallest absolute Gasteiger partial charge is 0.0164 e. The Morgan fingerprint density at radius 2 is 1.82 bits per heavy atom. The lowest BCUT2D eigenvalue weighted by Crippen LogP contribution is -2.17. The molecule has 0 spiro atoms. The van der Waals surface area contributed by atoms with E-state index in [0.29, 0.717) is 0 Å². The van der Waals surface area contributed by atoms with Gasteiger partial charge in [0.2, 0.25) is 0 Å². The van der Waals surface area contributed by atoms with Crippen LogP contribution in [0.3, 0.4) is 0 Å². The van der Waals surface area contributed by atoms with Crippen molar-refractivity contribution in [2.45, 2.75) is 40.5 Å². The van der Waals surface area contributed by atoms with Crippen molar-refractivity contribution in [1.82, 2.24) is 5.32 Å². The summed E-state index contributed by atoms with van der Waals surface area (Å²) in [4.78, 5) is 0. The highest BCUT2D eigenvalue weighted by Gasteiger charge is 1.90. The van der Waals surface area contributed by atoms with Crippen molar-refractivity contribution >= 4 is 0 Å². The molecular weight excluding hydrogens is 134 g/mol. The Kier molecular flexibility index (Phi) is 6.24. The maximum atomic E-state index is 3.41.